The summed E-state index contributed by atoms with van der Waals surface area (Å²) in [6.07, 6.45) is 2.87. The van der Waals surface area contributed by atoms with Crippen LogP contribution >= 0.6 is 11.3 Å². The monoisotopic (exact) mass is 289 g/mol. The van der Waals surface area contributed by atoms with E-state index in [2.05, 4.69) is 52.8 Å². The number of thiophene rings is 1. The van der Waals surface area contributed by atoms with Crippen molar-refractivity contribution >= 4 is 11.3 Å². The van der Waals surface area contributed by atoms with E-state index in [0.29, 0.717) is 6.04 Å². The van der Waals surface area contributed by atoms with Gasteiger partial charge in [0.05, 0.1) is 0 Å². The van der Waals surface area contributed by atoms with E-state index in [1.54, 1.807) is 11.3 Å². The molecule has 1 unspecified atom stereocenters. The van der Waals surface area contributed by atoms with Crippen LogP contribution in [-0.2, 0) is 13.0 Å². The maximum absolute atomic E-state index is 4.37. The second-order valence-corrected chi connectivity index (χ2v) is 6.14. The Labute approximate surface area is 125 Å². The van der Waals surface area contributed by atoms with E-state index in [9.17, 15) is 0 Å². The minimum absolute atomic E-state index is 0.527. The first-order chi connectivity index (χ1) is 9.75. The third kappa shape index (κ3) is 5.04. The number of hydrogen-bond donors (Lipinski definition) is 1. The van der Waals surface area contributed by atoms with Gasteiger partial charge in [-0.1, -0.05) is 12.1 Å². The van der Waals surface area contributed by atoms with E-state index in [4.69, 9.17) is 0 Å². The third-order valence-corrected chi connectivity index (χ3v) is 4.39. The van der Waals surface area contributed by atoms with E-state index in [0.717, 1.165) is 31.7 Å². The molecule has 0 radical (unpaired) electrons. The number of nitrogens with zero attached hydrogens (tertiary/aromatic N) is 2. The fourth-order valence-corrected chi connectivity index (χ4v) is 2.71. The van der Waals surface area contributed by atoms with Crippen molar-refractivity contribution in [2.75, 3.05) is 20.1 Å². The van der Waals surface area contributed by atoms with Crippen molar-refractivity contribution in [1.29, 1.82) is 0 Å². The van der Waals surface area contributed by atoms with Gasteiger partial charge in [-0.25, -0.2) is 0 Å². The number of nitrogens with one attached hydrogen (secondary N) is 1. The third-order valence-electron chi connectivity index (χ3n) is 3.52. The Morgan fingerprint density at radius 1 is 1.30 bits per heavy atom. The summed E-state index contributed by atoms with van der Waals surface area (Å²) in [5, 5.41) is 5.64. The van der Waals surface area contributed by atoms with Crippen LogP contribution in [0.1, 0.15) is 17.5 Å². The smallest absolute Gasteiger partial charge is 0.0416 e. The maximum Gasteiger partial charge on any atom is 0.0416 e. The predicted octanol–water partition coefficient (Wildman–Crippen LogP) is 2.80. The molecular weight excluding hydrogens is 266 g/mol. The number of hydrogen-bond acceptors (Lipinski definition) is 4. The van der Waals surface area contributed by atoms with Crippen LogP contribution in [0.25, 0.3) is 0 Å². The molecule has 0 saturated heterocycles. The van der Waals surface area contributed by atoms with Gasteiger partial charge in [0.25, 0.3) is 0 Å². The Bertz CT molecular complexity index is 470. The minimum Gasteiger partial charge on any atom is -0.310 e. The fourth-order valence-electron chi connectivity index (χ4n) is 2.03. The molecule has 0 bridgehead atoms. The predicted molar refractivity (Wildman–Crippen MR) is 86.1 cm³/mol. The highest BCUT2D eigenvalue weighted by Gasteiger charge is 2.09. The standard InChI is InChI=1S/C16H23N3S/c1-14(12-17-13-16-7-5-11-20-16)19(2)10-8-15-6-3-4-9-18-15/h3-7,9,11,14,17H,8,10,12-13H2,1-2H3. The lowest BCUT2D eigenvalue weighted by molar-refractivity contribution is 0.253. The molecule has 2 aromatic heterocycles. The molecule has 0 spiro atoms. The highest BCUT2D eigenvalue weighted by molar-refractivity contribution is 7.09. The average molecular weight is 289 g/mol. The summed E-state index contributed by atoms with van der Waals surface area (Å²) in [7, 11) is 2.18. The van der Waals surface area contributed by atoms with Crippen LogP contribution in [0.3, 0.4) is 0 Å². The molecule has 0 aromatic carbocycles. The lowest BCUT2D eigenvalue weighted by atomic mass is 10.2. The van der Waals surface area contributed by atoms with Crippen molar-refractivity contribution in [2.45, 2.75) is 25.9 Å². The van der Waals surface area contributed by atoms with Crippen molar-refractivity contribution in [3.8, 4) is 0 Å². The largest absolute Gasteiger partial charge is 0.310 e. The summed E-state index contributed by atoms with van der Waals surface area (Å²) in [5.41, 5.74) is 1.16. The molecule has 2 aromatic rings. The fraction of sp³-hybridized carbons (Fsp3) is 0.438. The minimum atomic E-state index is 0.527. The van der Waals surface area contributed by atoms with Gasteiger partial charge in [0.1, 0.15) is 0 Å². The Hall–Kier alpha value is -1.23. The molecule has 0 aliphatic rings. The molecule has 1 N–H and O–H groups in total. The Morgan fingerprint density at radius 2 is 2.20 bits per heavy atom. The SMILES string of the molecule is CC(CNCc1cccs1)N(C)CCc1ccccn1. The van der Waals surface area contributed by atoms with Gasteiger partial charge < -0.3 is 10.2 Å². The van der Waals surface area contributed by atoms with Gasteiger partial charge in [-0.2, -0.15) is 0 Å². The summed E-state index contributed by atoms with van der Waals surface area (Å²) in [4.78, 5) is 8.15. The lowest BCUT2D eigenvalue weighted by Crippen LogP contribution is -2.38. The summed E-state index contributed by atoms with van der Waals surface area (Å²) < 4.78 is 0. The Kier molecular flexibility index (Phi) is 6.18. The molecule has 20 heavy (non-hydrogen) atoms. The zero-order valence-electron chi connectivity index (χ0n) is 12.2. The summed E-state index contributed by atoms with van der Waals surface area (Å²) in [6.45, 7) is 5.28. The van der Waals surface area contributed by atoms with E-state index in [1.807, 2.05) is 18.3 Å². The van der Waals surface area contributed by atoms with Crippen molar-refractivity contribution in [3.05, 3.63) is 52.5 Å². The van der Waals surface area contributed by atoms with Crippen molar-refractivity contribution < 1.29 is 0 Å². The summed E-state index contributed by atoms with van der Waals surface area (Å²) >= 11 is 1.81. The Balaban J connectivity index is 1.65. The molecule has 2 heterocycles. The zero-order chi connectivity index (χ0) is 14.2. The number of likely N-dealkylation sites (N-methyl/N-ethyl adjacent to an activating group) is 1. The van der Waals surface area contributed by atoms with Crippen LogP contribution in [0.4, 0.5) is 0 Å². The molecule has 4 heteroatoms. The summed E-state index contributed by atoms with van der Waals surface area (Å²) in [5.74, 6) is 0. The average Bonchev–Trinajstić information content (AvgIpc) is 2.99. The molecule has 0 amide bonds. The van der Waals surface area contributed by atoms with E-state index in [-0.39, 0.29) is 0 Å². The van der Waals surface area contributed by atoms with Crippen LogP contribution < -0.4 is 5.32 Å². The molecule has 108 valence electrons. The van der Waals surface area contributed by atoms with Gasteiger partial charge in [-0.05, 0) is 37.6 Å². The van der Waals surface area contributed by atoms with Crippen LogP contribution in [0.15, 0.2) is 41.9 Å². The molecule has 3 nitrogen and oxygen atoms in total. The molecular formula is C16H23N3S. The first-order valence-electron chi connectivity index (χ1n) is 7.09. The van der Waals surface area contributed by atoms with Gasteiger partial charge in [-0.3, -0.25) is 4.98 Å². The highest BCUT2D eigenvalue weighted by Crippen LogP contribution is 2.07. The van der Waals surface area contributed by atoms with Crippen LogP contribution in [0.5, 0.6) is 0 Å². The molecule has 1 atom stereocenters. The first kappa shape index (κ1) is 15.2. The van der Waals surface area contributed by atoms with Crippen LogP contribution in [0.2, 0.25) is 0 Å². The lowest BCUT2D eigenvalue weighted by Gasteiger charge is -2.24. The van der Waals surface area contributed by atoms with E-state index < -0.39 is 0 Å². The van der Waals surface area contributed by atoms with Crippen LogP contribution in [-0.4, -0.2) is 36.1 Å². The van der Waals surface area contributed by atoms with Gasteiger partial charge in [0.15, 0.2) is 0 Å². The van der Waals surface area contributed by atoms with Crippen LogP contribution in [0, 0.1) is 0 Å². The zero-order valence-corrected chi connectivity index (χ0v) is 13.1. The van der Waals surface area contributed by atoms with Crippen molar-refractivity contribution in [2.24, 2.45) is 0 Å². The van der Waals surface area contributed by atoms with Gasteiger partial charge in [0, 0.05) is 48.9 Å². The molecule has 2 rings (SSSR count). The molecule has 0 aliphatic heterocycles. The molecule has 0 fully saturated rings. The molecule has 0 saturated carbocycles. The number of rotatable bonds is 8. The van der Waals surface area contributed by atoms with Gasteiger partial charge in [-0.15, -0.1) is 11.3 Å². The summed E-state index contributed by atoms with van der Waals surface area (Å²) in [6, 6.07) is 10.9. The van der Waals surface area contributed by atoms with Gasteiger partial charge >= 0.3 is 0 Å². The normalized spacial score (nSPS) is 12.8. The second-order valence-electron chi connectivity index (χ2n) is 5.11. The first-order valence-corrected chi connectivity index (χ1v) is 7.97. The van der Waals surface area contributed by atoms with Crippen molar-refractivity contribution in [1.82, 2.24) is 15.2 Å². The number of aromatic nitrogens is 1. The van der Waals surface area contributed by atoms with Gasteiger partial charge in [0.2, 0.25) is 0 Å². The molecule has 0 aliphatic carbocycles. The van der Waals surface area contributed by atoms with E-state index in [1.165, 1.54) is 4.88 Å². The quantitative estimate of drug-likeness (QED) is 0.810. The second kappa shape index (κ2) is 8.15. The Morgan fingerprint density at radius 3 is 2.90 bits per heavy atom. The topological polar surface area (TPSA) is 28.2 Å². The maximum atomic E-state index is 4.37. The number of pyridine rings is 1. The van der Waals surface area contributed by atoms with E-state index >= 15 is 0 Å². The van der Waals surface area contributed by atoms with Crippen molar-refractivity contribution in [3.63, 3.8) is 0 Å². The highest BCUT2D eigenvalue weighted by atomic mass is 32.1.